The summed E-state index contributed by atoms with van der Waals surface area (Å²) in [5, 5.41) is 8.91. The Morgan fingerprint density at radius 2 is 1.86 bits per heavy atom. The molecule has 0 amide bonds. The first-order valence-corrected chi connectivity index (χ1v) is 11.9. The van der Waals surface area contributed by atoms with Crippen LogP contribution in [0.1, 0.15) is 50.5 Å². The van der Waals surface area contributed by atoms with Gasteiger partial charge >= 0.3 is 0 Å². The minimum Gasteiger partial charge on any atom is -0.370 e. The van der Waals surface area contributed by atoms with Gasteiger partial charge in [-0.25, -0.2) is 9.37 Å². The standard InChI is InChI=1S/C23H19FN6O.2C2H6/c1-14(31)19-13-28-30-22(9-21(29-23(19)30)16-8-17(24)12-25-10-16)26-7-6-15-11-27-20-5-3-2-4-18(15)20;2*1-2/h2-5,8-13,26-27H,6-7H2,1H3;2*1-2H3. The number of halogens is 1. The van der Waals surface area contributed by atoms with Gasteiger partial charge in [0.1, 0.15) is 11.6 Å². The Kier molecular flexibility index (Phi) is 8.67. The zero-order valence-electron chi connectivity index (χ0n) is 20.8. The summed E-state index contributed by atoms with van der Waals surface area (Å²) in [6.07, 6.45) is 6.98. The maximum absolute atomic E-state index is 13.7. The van der Waals surface area contributed by atoms with Crippen molar-refractivity contribution in [2.24, 2.45) is 0 Å². The lowest BCUT2D eigenvalue weighted by molar-refractivity contribution is 0.101. The highest BCUT2D eigenvalue weighted by Crippen LogP contribution is 2.24. The van der Waals surface area contributed by atoms with E-state index in [9.17, 15) is 9.18 Å². The fraction of sp³-hybridized carbons (Fsp3) is 0.259. The van der Waals surface area contributed by atoms with E-state index >= 15 is 0 Å². The Morgan fingerprint density at radius 1 is 1.09 bits per heavy atom. The molecule has 4 aromatic heterocycles. The lowest BCUT2D eigenvalue weighted by Gasteiger charge is -2.11. The summed E-state index contributed by atoms with van der Waals surface area (Å²) in [6.45, 7) is 10.1. The molecule has 0 aliphatic heterocycles. The molecule has 1 aromatic carbocycles. The monoisotopic (exact) mass is 474 g/mol. The first-order chi connectivity index (χ1) is 17.1. The molecular weight excluding hydrogens is 443 g/mol. The maximum atomic E-state index is 13.7. The van der Waals surface area contributed by atoms with Crippen LogP contribution in [-0.2, 0) is 6.42 Å². The number of ketones is 1. The van der Waals surface area contributed by atoms with Crippen molar-refractivity contribution < 1.29 is 9.18 Å². The highest BCUT2D eigenvalue weighted by Gasteiger charge is 2.16. The van der Waals surface area contributed by atoms with Gasteiger partial charge in [-0.2, -0.15) is 9.61 Å². The van der Waals surface area contributed by atoms with E-state index in [1.165, 1.54) is 30.1 Å². The fourth-order valence-corrected chi connectivity index (χ4v) is 3.70. The van der Waals surface area contributed by atoms with Gasteiger partial charge in [-0.05, 0) is 31.0 Å². The van der Waals surface area contributed by atoms with Crippen LogP contribution in [0.3, 0.4) is 0 Å². The average molecular weight is 475 g/mol. The lowest BCUT2D eigenvalue weighted by Crippen LogP contribution is -2.10. The number of aromatic nitrogens is 5. The molecule has 0 saturated carbocycles. The molecule has 0 fully saturated rings. The van der Waals surface area contributed by atoms with Gasteiger partial charge < -0.3 is 10.3 Å². The largest absolute Gasteiger partial charge is 0.370 e. The van der Waals surface area contributed by atoms with Crippen molar-refractivity contribution in [2.45, 2.75) is 41.0 Å². The smallest absolute Gasteiger partial charge is 0.168 e. The van der Waals surface area contributed by atoms with Crippen LogP contribution < -0.4 is 5.32 Å². The first-order valence-electron chi connectivity index (χ1n) is 11.9. The minimum absolute atomic E-state index is 0.137. The highest BCUT2D eigenvalue weighted by molar-refractivity contribution is 6.00. The summed E-state index contributed by atoms with van der Waals surface area (Å²) in [5.41, 5.74) is 4.17. The van der Waals surface area contributed by atoms with Crippen LogP contribution >= 0.6 is 0 Å². The first kappa shape index (κ1) is 25.6. The molecule has 0 aliphatic rings. The van der Waals surface area contributed by atoms with Gasteiger partial charge in [-0.3, -0.25) is 9.78 Å². The van der Waals surface area contributed by atoms with Gasteiger partial charge in [0.15, 0.2) is 11.4 Å². The van der Waals surface area contributed by atoms with Gasteiger partial charge in [0.25, 0.3) is 0 Å². The fourth-order valence-electron chi connectivity index (χ4n) is 3.70. The Bertz CT molecular complexity index is 1420. The van der Waals surface area contributed by atoms with E-state index in [0.717, 1.165) is 18.1 Å². The minimum atomic E-state index is -0.451. The molecule has 0 aliphatic carbocycles. The molecule has 8 heteroatoms. The number of nitrogens with one attached hydrogen (secondary N) is 2. The van der Waals surface area contributed by atoms with Crippen molar-refractivity contribution in [1.82, 2.24) is 24.6 Å². The summed E-state index contributed by atoms with van der Waals surface area (Å²) in [7, 11) is 0. The van der Waals surface area contributed by atoms with E-state index in [-0.39, 0.29) is 5.78 Å². The summed E-state index contributed by atoms with van der Waals surface area (Å²) in [4.78, 5) is 23.8. The number of para-hydroxylation sites is 1. The number of aromatic amines is 1. The predicted octanol–water partition coefficient (Wildman–Crippen LogP) is 6.32. The van der Waals surface area contributed by atoms with Crippen molar-refractivity contribution in [3.8, 4) is 11.3 Å². The van der Waals surface area contributed by atoms with Crippen molar-refractivity contribution >= 4 is 28.2 Å². The number of nitrogens with zero attached hydrogens (tertiary/aromatic N) is 4. The third-order valence-corrected chi connectivity index (χ3v) is 5.23. The zero-order valence-corrected chi connectivity index (χ0v) is 20.8. The van der Waals surface area contributed by atoms with E-state index in [4.69, 9.17) is 0 Å². The summed E-state index contributed by atoms with van der Waals surface area (Å²) < 4.78 is 15.3. The molecule has 5 rings (SSSR count). The molecule has 182 valence electrons. The van der Waals surface area contributed by atoms with E-state index in [0.29, 0.717) is 34.8 Å². The quantitative estimate of drug-likeness (QED) is 0.281. The van der Waals surface area contributed by atoms with Crippen molar-refractivity contribution in [3.05, 3.63) is 78.1 Å². The number of hydrogen-bond donors (Lipinski definition) is 2. The van der Waals surface area contributed by atoms with Crippen LogP contribution in [0.2, 0.25) is 0 Å². The maximum Gasteiger partial charge on any atom is 0.168 e. The molecule has 0 saturated heterocycles. The van der Waals surface area contributed by atoms with Gasteiger partial charge in [0, 0.05) is 41.5 Å². The molecule has 4 heterocycles. The molecule has 2 N–H and O–H groups in total. The van der Waals surface area contributed by atoms with E-state index in [1.54, 1.807) is 16.8 Å². The van der Waals surface area contributed by atoms with Crippen LogP contribution in [0.4, 0.5) is 10.2 Å². The van der Waals surface area contributed by atoms with Crippen LogP contribution in [0.25, 0.3) is 27.8 Å². The number of rotatable bonds is 6. The highest BCUT2D eigenvalue weighted by atomic mass is 19.1. The number of benzene rings is 1. The van der Waals surface area contributed by atoms with E-state index in [2.05, 4.69) is 31.4 Å². The second kappa shape index (κ2) is 11.9. The third-order valence-electron chi connectivity index (χ3n) is 5.23. The molecule has 7 nitrogen and oxygen atoms in total. The van der Waals surface area contributed by atoms with Gasteiger partial charge in [0.2, 0.25) is 0 Å². The van der Waals surface area contributed by atoms with Crippen molar-refractivity contribution in [3.63, 3.8) is 0 Å². The summed E-state index contributed by atoms with van der Waals surface area (Å²) >= 11 is 0. The summed E-state index contributed by atoms with van der Waals surface area (Å²) in [5.74, 6) is 0.0756. The Morgan fingerprint density at radius 3 is 2.60 bits per heavy atom. The Balaban J connectivity index is 0.000000815. The second-order valence-electron chi connectivity index (χ2n) is 7.30. The van der Waals surface area contributed by atoms with Gasteiger partial charge in [-0.15, -0.1) is 0 Å². The third kappa shape index (κ3) is 5.54. The van der Waals surface area contributed by atoms with E-state index < -0.39 is 5.82 Å². The number of H-pyrrole nitrogens is 1. The van der Waals surface area contributed by atoms with Crippen LogP contribution in [0.5, 0.6) is 0 Å². The normalized spacial score (nSPS) is 10.3. The average Bonchev–Trinajstić information content (AvgIpc) is 3.51. The topological polar surface area (TPSA) is 88.0 Å². The van der Waals surface area contributed by atoms with E-state index in [1.807, 2.05) is 52.1 Å². The summed E-state index contributed by atoms with van der Waals surface area (Å²) in [6, 6.07) is 11.3. The van der Waals surface area contributed by atoms with Crippen LogP contribution in [0, 0.1) is 5.82 Å². The molecule has 0 spiro atoms. The van der Waals surface area contributed by atoms with Crippen LogP contribution in [0.15, 0.2) is 61.2 Å². The molecule has 35 heavy (non-hydrogen) atoms. The van der Waals surface area contributed by atoms with Crippen LogP contribution in [-0.4, -0.2) is 36.9 Å². The number of carbonyl (C=O) groups excluding carboxylic acids is 1. The van der Waals surface area contributed by atoms with Crippen molar-refractivity contribution in [2.75, 3.05) is 11.9 Å². The molecule has 0 radical (unpaired) electrons. The number of Topliss-reactive ketones (excluding diaryl/α,β-unsaturated/α-hetero) is 1. The number of fused-ring (bicyclic) bond motifs is 2. The predicted molar refractivity (Wildman–Crippen MR) is 139 cm³/mol. The second-order valence-corrected chi connectivity index (χ2v) is 7.30. The molecule has 5 aromatic rings. The number of anilines is 1. The van der Waals surface area contributed by atoms with Gasteiger partial charge in [-0.1, -0.05) is 45.9 Å². The molecule has 0 unspecified atom stereocenters. The number of hydrogen-bond acceptors (Lipinski definition) is 5. The molecular formula is C27H31FN6O. The lowest BCUT2D eigenvalue weighted by atomic mass is 10.1. The SMILES string of the molecule is CC.CC.CC(=O)c1cnn2c(NCCc3c[nH]c4ccccc34)cc(-c3cncc(F)c3)nc12. The number of carbonyl (C=O) groups is 1. The molecule has 0 atom stereocenters. The Labute approximate surface area is 204 Å². The van der Waals surface area contributed by atoms with Gasteiger partial charge in [0.05, 0.1) is 23.7 Å². The number of pyridine rings is 1. The van der Waals surface area contributed by atoms with Crippen molar-refractivity contribution in [1.29, 1.82) is 0 Å². The zero-order chi connectivity index (χ0) is 25.4. The Hall–Kier alpha value is -4.07. The molecule has 0 bridgehead atoms.